The minimum Gasteiger partial charge on any atom is -0.270 e. The molecule has 136 valence electrons. The van der Waals surface area contributed by atoms with Gasteiger partial charge in [0.25, 0.3) is 0 Å². The molecule has 2 aromatic carbocycles. The van der Waals surface area contributed by atoms with E-state index in [2.05, 4.69) is 20.3 Å². The fourth-order valence-electron chi connectivity index (χ4n) is 2.69. The number of rotatable bonds is 5. The summed E-state index contributed by atoms with van der Waals surface area (Å²) in [6, 6.07) is 14.6. The summed E-state index contributed by atoms with van der Waals surface area (Å²) in [6.45, 7) is 2.03. The topological polar surface area (TPSA) is 61.4 Å². The highest BCUT2D eigenvalue weighted by Crippen LogP contribution is 2.30. The number of halogens is 1. The van der Waals surface area contributed by atoms with Gasteiger partial charge in [-0.15, -0.1) is 10.2 Å². The zero-order chi connectivity index (χ0) is 18.8. The van der Waals surface area contributed by atoms with Crippen molar-refractivity contribution in [3.8, 4) is 17.1 Å². The summed E-state index contributed by atoms with van der Waals surface area (Å²) in [5.41, 5.74) is 2.44. The predicted octanol–water partition coefficient (Wildman–Crippen LogP) is 3.80. The monoisotopic (exact) mass is 380 g/mol. The highest BCUT2D eigenvalue weighted by Gasteiger charge is 2.19. The Hall–Kier alpha value is -3.00. The van der Waals surface area contributed by atoms with Gasteiger partial charge >= 0.3 is 0 Å². The van der Waals surface area contributed by atoms with Gasteiger partial charge in [0.2, 0.25) is 0 Å². The molecule has 0 atom stereocenters. The molecule has 0 N–H and O–H groups in total. The Balaban J connectivity index is 1.78. The SMILES string of the molecule is Cc1ccc(-n2c(SCc3ncnn3C)nnc2-c2ccccc2F)cc1. The molecule has 2 heterocycles. The summed E-state index contributed by atoms with van der Waals surface area (Å²) < 4.78 is 18.0. The number of hydrogen-bond donors (Lipinski definition) is 0. The van der Waals surface area contributed by atoms with Gasteiger partial charge in [-0.3, -0.25) is 9.25 Å². The number of benzene rings is 2. The fourth-order valence-corrected chi connectivity index (χ4v) is 3.63. The number of aryl methyl sites for hydroxylation is 2. The largest absolute Gasteiger partial charge is 0.270 e. The summed E-state index contributed by atoms with van der Waals surface area (Å²) in [6.07, 6.45) is 1.52. The van der Waals surface area contributed by atoms with Gasteiger partial charge in [0.15, 0.2) is 11.0 Å². The molecule has 0 aliphatic carbocycles. The molecule has 27 heavy (non-hydrogen) atoms. The third-order valence-corrected chi connectivity index (χ3v) is 5.10. The highest BCUT2D eigenvalue weighted by atomic mass is 32.2. The van der Waals surface area contributed by atoms with E-state index in [1.54, 1.807) is 22.9 Å². The lowest BCUT2D eigenvalue weighted by molar-refractivity contribution is 0.629. The fraction of sp³-hybridized carbons (Fsp3) is 0.158. The molecule has 0 aliphatic rings. The van der Waals surface area contributed by atoms with E-state index in [4.69, 9.17) is 0 Å². The summed E-state index contributed by atoms with van der Waals surface area (Å²) in [4.78, 5) is 4.24. The molecular formula is C19H17FN6S. The molecule has 2 aromatic heterocycles. The van der Waals surface area contributed by atoms with Crippen LogP contribution in [0.1, 0.15) is 11.4 Å². The Labute approximate surface area is 160 Å². The molecule has 4 aromatic rings. The van der Waals surface area contributed by atoms with Crippen LogP contribution in [0.3, 0.4) is 0 Å². The molecule has 0 aliphatic heterocycles. The van der Waals surface area contributed by atoms with E-state index < -0.39 is 0 Å². The molecule has 6 nitrogen and oxygen atoms in total. The normalized spacial score (nSPS) is 11.1. The van der Waals surface area contributed by atoms with Crippen LogP contribution in [0.5, 0.6) is 0 Å². The second kappa shape index (κ2) is 7.32. The third-order valence-electron chi connectivity index (χ3n) is 4.18. The Bertz CT molecular complexity index is 1070. The van der Waals surface area contributed by atoms with Crippen molar-refractivity contribution in [2.45, 2.75) is 17.8 Å². The van der Waals surface area contributed by atoms with Crippen LogP contribution >= 0.6 is 11.8 Å². The van der Waals surface area contributed by atoms with E-state index in [0.29, 0.717) is 22.3 Å². The predicted molar refractivity (Wildman–Crippen MR) is 102 cm³/mol. The molecule has 0 saturated carbocycles. The quantitative estimate of drug-likeness (QED) is 0.493. The number of hydrogen-bond acceptors (Lipinski definition) is 5. The van der Waals surface area contributed by atoms with Gasteiger partial charge in [-0.25, -0.2) is 9.37 Å². The standard InChI is InChI=1S/C19H17FN6S/c1-13-7-9-14(10-8-13)26-18(15-5-3-4-6-16(15)20)23-24-19(26)27-11-17-21-12-22-25(17)2/h3-10,12H,11H2,1-2H3. The van der Waals surface area contributed by atoms with Crippen molar-refractivity contribution in [1.82, 2.24) is 29.5 Å². The van der Waals surface area contributed by atoms with Crippen LogP contribution in [0.4, 0.5) is 4.39 Å². The Kier molecular flexibility index (Phi) is 4.72. The maximum Gasteiger partial charge on any atom is 0.196 e. The molecule has 8 heteroatoms. The smallest absolute Gasteiger partial charge is 0.196 e. The zero-order valence-electron chi connectivity index (χ0n) is 14.9. The van der Waals surface area contributed by atoms with Crippen LogP contribution in [0.2, 0.25) is 0 Å². The van der Waals surface area contributed by atoms with Crippen LogP contribution in [0.25, 0.3) is 17.1 Å². The second-order valence-electron chi connectivity index (χ2n) is 6.05. The van der Waals surface area contributed by atoms with Crippen molar-refractivity contribution in [1.29, 1.82) is 0 Å². The molecule has 0 bridgehead atoms. The average Bonchev–Trinajstić information content (AvgIpc) is 3.27. The van der Waals surface area contributed by atoms with Crippen molar-refractivity contribution < 1.29 is 4.39 Å². The lowest BCUT2D eigenvalue weighted by Gasteiger charge is -2.11. The van der Waals surface area contributed by atoms with E-state index in [0.717, 1.165) is 17.1 Å². The van der Waals surface area contributed by atoms with Gasteiger partial charge < -0.3 is 0 Å². The molecule has 0 saturated heterocycles. The molecular weight excluding hydrogens is 363 g/mol. The van der Waals surface area contributed by atoms with Crippen LogP contribution in [-0.2, 0) is 12.8 Å². The minimum absolute atomic E-state index is 0.330. The van der Waals surface area contributed by atoms with Gasteiger partial charge in [-0.05, 0) is 31.2 Å². The molecule has 0 amide bonds. The van der Waals surface area contributed by atoms with Gasteiger partial charge in [0.1, 0.15) is 18.0 Å². The first kappa shape index (κ1) is 17.4. The lowest BCUT2D eigenvalue weighted by atomic mass is 10.2. The van der Waals surface area contributed by atoms with Crippen molar-refractivity contribution in [3.63, 3.8) is 0 Å². The third kappa shape index (κ3) is 3.48. The van der Waals surface area contributed by atoms with Crippen LogP contribution in [0.15, 0.2) is 60.0 Å². The van der Waals surface area contributed by atoms with Crippen molar-refractivity contribution in [2.75, 3.05) is 0 Å². The van der Waals surface area contributed by atoms with E-state index >= 15 is 0 Å². The van der Waals surface area contributed by atoms with Gasteiger partial charge in [0, 0.05) is 12.7 Å². The van der Waals surface area contributed by atoms with E-state index in [9.17, 15) is 4.39 Å². The first-order valence-corrected chi connectivity index (χ1v) is 9.35. The Morgan fingerprint density at radius 2 is 1.81 bits per heavy atom. The maximum absolute atomic E-state index is 14.4. The van der Waals surface area contributed by atoms with Crippen molar-refractivity contribution >= 4 is 11.8 Å². The first-order valence-electron chi connectivity index (χ1n) is 8.36. The Morgan fingerprint density at radius 3 is 2.52 bits per heavy atom. The van der Waals surface area contributed by atoms with Crippen LogP contribution < -0.4 is 0 Å². The zero-order valence-corrected chi connectivity index (χ0v) is 15.7. The summed E-state index contributed by atoms with van der Waals surface area (Å²) in [5.74, 6) is 1.55. The van der Waals surface area contributed by atoms with Crippen LogP contribution in [-0.4, -0.2) is 29.5 Å². The average molecular weight is 380 g/mol. The van der Waals surface area contributed by atoms with E-state index in [1.165, 1.54) is 24.2 Å². The first-order chi connectivity index (χ1) is 13.1. The maximum atomic E-state index is 14.4. The number of nitrogens with zero attached hydrogens (tertiary/aromatic N) is 6. The number of aromatic nitrogens is 6. The van der Waals surface area contributed by atoms with Gasteiger partial charge in [0.05, 0.1) is 11.3 Å². The van der Waals surface area contributed by atoms with Crippen molar-refractivity contribution in [2.24, 2.45) is 7.05 Å². The molecule has 4 rings (SSSR count). The highest BCUT2D eigenvalue weighted by molar-refractivity contribution is 7.98. The van der Waals surface area contributed by atoms with Gasteiger partial charge in [-0.2, -0.15) is 5.10 Å². The Morgan fingerprint density at radius 1 is 1.04 bits per heavy atom. The van der Waals surface area contributed by atoms with Gasteiger partial charge in [-0.1, -0.05) is 41.6 Å². The lowest BCUT2D eigenvalue weighted by Crippen LogP contribution is -2.02. The van der Waals surface area contributed by atoms with E-state index in [1.807, 2.05) is 42.8 Å². The van der Waals surface area contributed by atoms with Crippen LogP contribution in [0, 0.1) is 12.7 Å². The minimum atomic E-state index is -0.330. The van der Waals surface area contributed by atoms with Crippen molar-refractivity contribution in [3.05, 3.63) is 72.1 Å². The molecule has 0 unspecified atom stereocenters. The van der Waals surface area contributed by atoms with E-state index in [-0.39, 0.29) is 5.82 Å². The molecule has 0 radical (unpaired) electrons. The summed E-state index contributed by atoms with van der Waals surface area (Å²) in [5, 5.41) is 13.3. The second-order valence-corrected chi connectivity index (χ2v) is 6.99. The summed E-state index contributed by atoms with van der Waals surface area (Å²) >= 11 is 1.48. The number of thioether (sulfide) groups is 1. The molecule has 0 fully saturated rings. The molecule has 0 spiro atoms. The summed E-state index contributed by atoms with van der Waals surface area (Å²) in [7, 11) is 1.85.